The molecule has 0 saturated carbocycles. The van der Waals surface area contributed by atoms with Gasteiger partial charge in [0.2, 0.25) is 0 Å². The van der Waals surface area contributed by atoms with Gasteiger partial charge in [-0.2, -0.15) is 0 Å². The second-order valence-electron chi connectivity index (χ2n) is 5.28. The van der Waals surface area contributed by atoms with Crippen LogP contribution in [0.15, 0.2) is 12.1 Å². The van der Waals surface area contributed by atoms with E-state index in [0.717, 1.165) is 11.5 Å². The number of rotatable bonds is 4. The molecule has 0 fully saturated rings. The molecule has 2 rings (SSSR count). The van der Waals surface area contributed by atoms with Crippen molar-refractivity contribution in [1.29, 1.82) is 0 Å². The summed E-state index contributed by atoms with van der Waals surface area (Å²) in [6, 6.07) is 4.09. The maximum Gasteiger partial charge on any atom is 0.161 e. The van der Waals surface area contributed by atoms with Gasteiger partial charge in [-0.3, -0.25) is 5.32 Å². The maximum atomic E-state index is 8.88. The van der Waals surface area contributed by atoms with Gasteiger partial charge >= 0.3 is 0 Å². The third kappa shape index (κ3) is 2.60. The Labute approximate surface area is 108 Å². The first-order chi connectivity index (χ1) is 8.54. The summed E-state index contributed by atoms with van der Waals surface area (Å²) in [6.45, 7) is 8.29. The number of benzene rings is 1. The lowest BCUT2D eigenvalue weighted by molar-refractivity contribution is 0.171. The zero-order chi connectivity index (χ0) is 13.2. The van der Waals surface area contributed by atoms with Crippen molar-refractivity contribution < 1.29 is 14.6 Å². The summed E-state index contributed by atoms with van der Waals surface area (Å²) in [7, 11) is 0. The number of hydrogen-bond acceptors (Lipinski definition) is 4. The zero-order valence-corrected chi connectivity index (χ0v) is 11.2. The molecule has 1 aliphatic heterocycles. The van der Waals surface area contributed by atoms with Crippen molar-refractivity contribution in [2.24, 2.45) is 0 Å². The van der Waals surface area contributed by atoms with Gasteiger partial charge in [0.1, 0.15) is 13.2 Å². The van der Waals surface area contributed by atoms with Crippen molar-refractivity contribution in [3.63, 3.8) is 0 Å². The maximum absolute atomic E-state index is 8.88. The van der Waals surface area contributed by atoms with E-state index in [9.17, 15) is 0 Å². The lowest BCUT2D eigenvalue weighted by atomic mass is 9.81. The minimum atomic E-state index is -0.0668. The van der Waals surface area contributed by atoms with E-state index in [1.54, 1.807) is 0 Å². The van der Waals surface area contributed by atoms with Gasteiger partial charge in [0.15, 0.2) is 11.5 Å². The molecule has 1 aromatic rings. The summed E-state index contributed by atoms with van der Waals surface area (Å²) in [5.74, 6) is 1.65. The Morgan fingerprint density at radius 1 is 1.22 bits per heavy atom. The highest BCUT2D eigenvalue weighted by Crippen LogP contribution is 2.37. The Hall–Kier alpha value is -1.26. The van der Waals surface area contributed by atoms with Gasteiger partial charge in [0, 0.05) is 12.0 Å². The highest BCUT2D eigenvalue weighted by Gasteiger charge is 2.25. The first-order valence-corrected chi connectivity index (χ1v) is 6.27. The van der Waals surface area contributed by atoms with Gasteiger partial charge in [-0.1, -0.05) is 13.8 Å². The summed E-state index contributed by atoms with van der Waals surface area (Å²) >= 11 is 0. The normalized spacial score (nSPS) is 14.7. The molecular formula is C14H21NO3. The van der Waals surface area contributed by atoms with Gasteiger partial charge in [-0.25, -0.2) is 0 Å². The average Bonchev–Trinajstić information content (AvgIpc) is 2.35. The van der Waals surface area contributed by atoms with Crippen molar-refractivity contribution in [2.45, 2.75) is 26.2 Å². The number of aryl methyl sites for hydroxylation is 1. The lowest BCUT2D eigenvalue weighted by Gasteiger charge is -2.29. The van der Waals surface area contributed by atoms with Gasteiger partial charge in [0.05, 0.1) is 6.73 Å². The standard InChI is InChI=1S/C14H21NO3/c1-10-6-12-13(18-5-4-17-12)7-11(10)14(2,3)8-15-9-16/h6-7,15-16H,4-5,8-9H2,1-3H3. The molecule has 4 heteroatoms. The lowest BCUT2D eigenvalue weighted by Crippen LogP contribution is -2.34. The van der Waals surface area contributed by atoms with Crippen LogP contribution in [0.25, 0.3) is 0 Å². The van der Waals surface area contributed by atoms with Crippen LogP contribution in [0, 0.1) is 6.92 Å². The Morgan fingerprint density at radius 2 is 1.83 bits per heavy atom. The van der Waals surface area contributed by atoms with Crippen LogP contribution in [-0.4, -0.2) is 31.6 Å². The minimum absolute atomic E-state index is 0.00692. The summed E-state index contributed by atoms with van der Waals surface area (Å²) < 4.78 is 11.2. The number of hydrogen-bond donors (Lipinski definition) is 2. The summed E-state index contributed by atoms with van der Waals surface area (Å²) in [6.07, 6.45) is 0. The van der Waals surface area contributed by atoms with Gasteiger partial charge < -0.3 is 14.6 Å². The second-order valence-corrected chi connectivity index (χ2v) is 5.28. The van der Waals surface area contributed by atoms with Crippen LogP contribution in [0.5, 0.6) is 11.5 Å². The zero-order valence-electron chi connectivity index (χ0n) is 11.2. The number of aliphatic hydroxyl groups is 1. The molecule has 0 spiro atoms. The SMILES string of the molecule is Cc1cc2c(cc1C(C)(C)CNCO)OCCO2. The molecule has 2 N–H and O–H groups in total. The van der Waals surface area contributed by atoms with E-state index in [0.29, 0.717) is 19.8 Å². The van der Waals surface area contributed by atoms with E-state index in [1.807, 2.05) is 6.07 Å². The van der Waals surface area contributed by atoms with Gasteiger partial charge in [-0.05, 0) is 30.2 Å². The van der Waals surface area contributed by atoms with E-state index >= 15 is 0 Å². The first-order valence-electron chi connectivity index (χ1n) is 6.27. The number of aliphatic hydroxyl groups excluding tert-OH is 1. The molecule has 0 atom stereocenters. The van der Waals surface area contributed by atoms with Crippen molar-refractivity contribution in [3.05, 3.63) is 23.3 Å². The predicted octanol–water partition coefficient (Wildman–Crippen LogP) is 1.58. The summed E-state index contributed by atoms with van der Waals surface area (Å²) in [5.41, 5.74) is 2.33. The Balaban J connectivity index is 2.32. The van der Waals surface area contributed by atoms with E-state index in [-0.39, 0.29) is 12.1 Å². The summed E-state index contributed by atoms with van der Waals surface area (Å²) in [4.78, 5) is 0. The highest BCUT2D eigenvalue weighted by molar-refractivity contribution is 5.50. The fourth-order valence-electron chi connectivity index (χ4n) is 2.38. The van der Waals surface area contributed by atoms with E-state index in [4.69, 9.17) is 14.6 Å². The van der Waals surface area contributed by atoms with E-state index in [2.05, 4.69) is 32.2 Å². The van der Waals surface area contributed by atoms with Crippen molar-refractivity contribution in [1.82, 2.24) is 5.32 Å². The van der Waals surface area contributed by atoms with Gasteiger partial charge in [0.25, 0.3) is 0 Å². The molecule has 0 saturated heterocycles. The largest absolute Gasteiger partial charge is 0.486 e. The molecule has 0 unspecified atom stereocenters. The topological polar surface area (TPSA) is 50.7 Å². The van der Waals surface area contributed by atoms with Crippen molar-refractivity contribution >= 4 is 0 Å². The molecule has 1 heterocycles. The fourth-order valence-corrected chi connectivity index (χ4v) is 2.38. The fraction of sp³-hybridized carbons (Fsp3) is 0.571. The molecular weight excluding hydrogens is 230 g/mol. The van der Waals surface area contributed by atoms with Crippen LogP contribution in [0.4, 0.5) is 0 Å². The molecule has 0 aliphatic carbocycles. The molecule has 4 nitrogen and oxygen atoms in total. The molecule has 0 bridgehead atoms. The quantitative estimate of drug-likeness (QED) is 0.798. The molecule has 100 valence electrons. The third-order valence-corrected chi connectivity index (χ3v) is 3.30. The first kappa shape index (κ1) is 13.2. The number of fused-ring (bicyclic) bond motifs is 1. The predicted molar refractivity (Wildman–Crippen MR) is 70.3 cm³/mol. The van der Waals surface area contributed by atoms with Crippen LogP contribution in [0.2, 0.25) is 0 Å². The summed E-state index contributed by atoms with van der Waals surface area (Å²) in [5, 5.41) is 11.9. The van der Waals surface area contributed by atoms with Crippen molar-refractivity contribution in [2.75, 3.05) is 26.5 Å². The van der Waals surface area contributed by atoms with Crippen LogP contribution in [0.3, 0.4) is 0 Å². The Kier molecular flexibility index (Phi) is 3.78. The van der Waals surface area contributed by atoms with Crippen LogP contribution in [-0.2, 0) is 5.41 Å². The monoisotopic (exact) mass is 251 g/mol. The van der Waals surface area contributed by atoms with Crippen molar-refractivity contribution in [3.8, 4) is 11.5 Å². The van der Waals surface area contributed by atoms with E-state index < -0.39 is 0 Å². The third-order valence-electron chi connectivity index (χ3n) is 3.30. The van der Waals surface area contributed by atoms with Crippen LogP contribution < -0.4 is 14.8 Å². The molecule has 0 radical (unpaired) electrons. The average molecular weight is 251 g/mol. The van der Waals surface area contributed by atoms with Gasteiger partial charge in [-0.15, -0.1) is 0 Å². The minimum Gasteiger partial charge on any atom is -0.486 e. The number of ether oxygens (including phenoxy) is 2. The molecule has 1 aromatic carbocycles. The highest BCUT2D eigenvalue weighted by atomic mass is 16.6. The van der Waals surface area contributed by atoms with Crippen LogP contribution in [0.1, 0.15) is 25.0 Å². The second kappa shape index (κ2) is 5.16. The van der Waals surface area contributed by atoms with E-state index in [1.165, 1.54) is 11.1 Å². The molecule has 0 amide bonds. The Bertz CT molecular complexity index is 429. The smallest absolute Gasteiger partial charge is 0.161 e. The molecule has 0 aromatic heterocycles. The molecule has 1 aliphatic rings. The number of nitrogens with one attached hydrogen (secondary N) is 1. The van der Waals surface area contributed by atoms with Crippen LogP contribution >= 0.6 is 0 Å². The molecule has 18 heavy (non-hydrogen) atoms. The Morgan fingerprint density at radius 3 is 2.44 bits per heavy atom.